The van der Waals surface area contributed by atoms with Crippen molar-refractivity contribution in [3.8, 4) is 0 Å². The zero-order valence-electron chi connectivity index (χ0n) is 14.6. The second kappa shape index (κ2) is 7.09. The summed E-state index contributed by atoms with van der Waals surface area (Å²) in [5.41, 5.74) is -0.366. The van der Waals surface area contributed by atoms with E-state index in [0.29, 0.717) is 4.90 Å². The normalized spacial score (nSPS) is 20.2. The zero-order valence-corrected chi connectivity index (χ0v) is 14.6. The predicted octanol–water partition coefficient (Wildman–Crippen LogP) is 2.14. The van der Waals surface area contributed by atoms with Crippen LogP contribution in [0.3, 0.4) is 0 Å². The largest absolute Gasteiger partial charge is 0.408 e. The van der Waals surface area contributed by atoms with Gasteiger partial charge in [-0.15, -0.1) is 0 Å². The molecule has 150 valence electrons. The van der Waals surface area contributed by atoms with E-state index in [0.717, 1.165) is 6.07 Å². The number of nitrogens with one attached hydrogen (secondary N) is 2. The minimum atomic E-state index is -4.66. The summed E-state index contributed by atoms with van der Waals surface area (Å²) < 4.78 is 40.4. The molecule has 0 saturated carbocycles. The fraction of sp³-hybridized carbons (Fsp3) is 0.438. The maximum atomic E-state index is 13.5. The lowest BCUT2D eigenvalue weighted by atomic mass is 9.96. The van der Waals surface area contributed by atoms with E-state index in [1.54, 1.807) is 0 Å². The third-order valence-corrected chi connectivity index (χ3v) is 4.59. The summed E-state index contributed by atoms with van der Waals surface area (Å²) in [6.07, 6.45) is -4.96. The SMILES string of the molecule is CC(=O)N[C@@H]1CC[C@H](C(F)(F)F)N(C(=O)c2n[nH]c3ccc([N+](=O)[O-])cc23)C1. The molecule has 28 heavy (non-hydrogen) atoms. The highest BCUT2D eigenvalue weighted by atomic mass is 19.4. The summed E-state index contributed by atoms with van der Waals surface area (Å²) in [5, 5.41) is 19.8. The van der Waals surface area contributed by atoms with Gasteiger partial charge in [0.05, 0.1) is 10.4 Å². The van der Waals surface area contributed by atoms with Gasteiger partial charge < -0.3 is 10.2 Å². The molecule has 1 aromatic heterocycles. The minimum absolute atomic E-state index is 0.0572. The van der Waals surface area contributed by atoms with Crippen LogP contribution in [0.2, 0.25) is 0 Å². The second-order valence-corrected chi connectivity index (χ2v) is 6.55. The summed E-state index contributed by atoms with van der Waals surface area (Å²) >= 11 is 0. The van der Waals surface area contributed by atoms with Gasteiger partial charge in [0.25, 0.3) is 11.6 Å². The van der Waals surface area contributed by atoms with E-state index in [9.17, 15) is 32.9 Å². The Morgan fingerprint density at radius 1 is 1.36 bits per heavy atom. The highest BCUT2D eigenvalue weighted by molar-refractivity contribution is 6.05. The van der Waals surface area contributed by atoms with E-state index in [2.05, 4.69) is 15.5 Å². The predicted molar refractivity (Wildman–Crippen MR) is 90.5 cm³/mol. The Kier molecular flexibility index (Phi) is 4.96. The van der Waals surface area contributed by atoms with Gasteiger partial charge in [0.2, 0.25) is 5.91 Å². The van der Waals surface area contributed by atoms with Crippen LogP contribution in [0.1, 0.15) is 30.3 Å². The smallest absolute Gasteiger partial charge is 0.352 e. The number of aromatic amines is 1. The topological polar surface area (TPSA) is 121 Å². The molecule has 0 bridgehead atoms. The first-order chi connectivity index (χ1) is 13.1. The Balaban J connectivity index is 1.99. The lowest BCUT2D eigenvalue weighted by Crippen LogP contribution is -2.58. The molecule has 0 spiro atoms. The molecule has 9 nitrogen and oxygen atoms in total. The van der Waals surface area contributed by atoms with Crippen LogP contribution in [0.15, 0.2) is 18.2 Å². The Morgan fingerprint density at radius 3 is 2.68 bits per heavy atom. The average molecular weight is 399 g/mol. The van der Waals surface area contributed by atoms with Crippen LogP contribution in [0, 0.1) is 10.1 Å². The van der Waals surface area contributed by atoms with Crippen molar-refractivity contribution >= 4 is 28.4 Å². The van der Waals surface area contributed by atoms with Crippen molar-refractivity contribution < 1.29 is 27.7 Å². The van der Waals surface area contributed by atoms with Gasteiger partial charge in [-0.25, -0.2) is 0 Å². The van der Waals surface area contributed by atoms with E-state index in [1.807, 2.05) is 0 Å². The van der Waals surface area contributed by atoms with Crippen molar-refractivity contribution in [2.45, 2.75) is 38.0 Å². The summed E-state index contributed by atoms with van der Waals surface area (Å²) in [6, 6.07) is 0.953. The maximum Gasteiger partial charge on any atom is 0.408 e. The maximum absolute atomic E-state index is 13.5. The molecule has 1 aliphatic heterocycles. The molecule has 3 rings (SSSR count). The van der Waals surface area contributed by atoms with Crippen molar-refractivity contribution in [1.29, 1.82) is 0 Å². The number of likely N-dealkylation sites (tertiary alicyclic amines) is 1. The van der Waals surface area contributed by atoms with E-state index in [-0.39, 0.29) is 41.7 Å². The van der Waals surface area contributed by atoms with Crippen LogP contribution >= 0.6 is 0 Å². The number of carbonyl (C=O) groups excluding carboxylic acids is 2. The standard InChI is InChI=1S/C16H16F3N5O4/c1-8(25)20-9-2-5-13(16(17,18)19)23(7-9)15(26)14-11-6-10(24(27)28)3-4-12(11)21-22-14/h3-4,6,9,13H,2,5,7H2,1H3,(H,20,25)(H,21,22)/t9-,13-/m1/s1. The van der Waals surface area contributed by atoms with Gasteiger partial charge in [0.15, 0.2) is 5.69 Å². The van der Waals surface area contributed by atoms with E-state index < -0.39 is 35.0 Å². The molecule has 1 saturated heterocycles. The van der Waals surface area contributed by atoms with Crippen molar-refractivity contribution in [3.63, 3.8) is 0 Å². The lowest BCUT2D eigenvalue weighted by Gasteiger charge is -2.40. The van der Waals surface area contributed by atoms with Gasteiger partial charge in [-0.05, 0) is 18.9 Å². The van der Waals surface area contributed by atoms with Crippen LogP contribution in [-0.4, -0.2) is 56.6 Å². The van der Waals surface area contributed by atoms with Gasteiger partial charge in [-0.1, -0.05) is 0 Å². The quantitative estimate of drug-likeness (QED) is 0.605. The molecule has 0 aliphatic carbocycles. The number of H-pyrrole nitrogens is 1. The first kappa shape index (κ1) is 19.6. The number of fused-ring (bicyclic) bond motifs is 1. The molecule has 1 fully saturated rings. The minimum Gasteiger partial charge on any atom is -0.352 e. The van der Waals surface area contributed by atoms with E-state index in [1.165, 1.54) is 19.1 Å². The second-order valence-electron chi connectivity index (χ2n) is 6.55. The lowest BCUT2D eigenvalue weighted by molar-refractivity contribution is -0.384. The highest BCUT2D eigenvalue weighted by Gasteiger charge is 2.48. The Bertz CT molecular complexity index is 942. The van der Waals surface area contributed by atoms with Crippen molar-refractivity contribution in [1.82, 2.24) is 20.4 Å². The molecular weight excluding hydrogens is 383 g/mol. The number of hydrogen-bond acceptors (Lipinski definition) is 5. The Morgan fingerprint density at radius 2 is 2.07 bits per heavy atom. The fourth-order valence-electron chi connectivity index (χ4n) is 3.36. The molecular formula is C16H16F3N5O4. The van der Waals surface area contributed by atoms with Gasteiger partial charge in [-0.2, -0.15) is 18.3 Å². The monoisotopic (exact) mass is 399 g/mol. The zero-order chi connectivity index (χ0) is 20.6. The molecule has 2 heterocycles. The number of carbonyl (C=O) groups is 2. The summed E-state index contributed by atoms with van der Waals surface area (Å²) in [6.45, 7) is 0.897. The molecule has 0 radical (unpaired) electrons. The van der Waals surface area contributed by atoms with E-state index >= 15 is 0 Å². The van der Waals surface area contributed by atoms with Gasteiger partial charge >= 0.3 is 6.18 Å². The number of piperidine rings is 1. The van der Waals surface area contributed by atoms with Crippen molar-refractivity contribution in [2.24, 2.45) is 0 Å². The van der Waals surface area contributed by atoms with Crippen LogP contribution in [0.5, 0.6) is 0 Å². The fourth-order valence-corrected chi connectivity index (χ4v) is 3.36. The number of amides is 2. The molecule has 1 aromatic carbocycles. The first-order valence-electron chi connectivity index (χ1n) is 8.35. The number of non-ortho nitro benzene ring substituents is 1. The summed E-state index contributed by atoms with van der Waals surface area (Å²) in [7, 11) is 0. The number of aromatic nitrogens is 2. The van der Waals surface area contributed by atoms with Crippen LogP contribution < -0.4 is 5.32 Å². The summed E-state index contributed by atoms with van der Waals surface area (Å²) in [4.78, 5) is 35.1. The number of hydrogen-bond donors (Lipinski definition) is 2. The van der Waals surface area contributed by atoms with Crippen LogP contribution in [0.25, 0.3) is 10.9 Å². The van der Waals surface area contributed by atoms with Gasteiger partial charge in [0.1, 0.15) is 6.04 Å². The van der Waals surface area contributed by atoms with Crippen LogP contribution in [0.4, 0.5) is 18.9 Å². The number of halogens is 3. The Hall–Kier alpha value is -3.18. The first-order valence-corrected chi connectivity index (χ1v) is 8.35. The molecule has 12 heteroatoms. The van der Waals surface area contributed by atoms with Crippen molar-refractivity contribution in [2.75, 3.05) is 6.54 Å². The number of nitrogens with zero attached hydrogens (tertiary/aromatic N) is 3. The van der Waals surface area contributed by atoms with E-state index in [4.69, 9.17) is 0 Å². The third kappa shape index (κ3) is 3.75. The van der Waals surface area contributed by atoms with Gasteiger partial charge in [-0.3, -0.25) is 24.8 Å². The molecule has 2 amide bonds. The molecule has 2 aromatic rings. The third-order valence-electron chi connectivity index (χ3n) is 4.59. The molecule has 2 N–H and O–H groups in total. The number of nitro benzene ring substituents is 1. The highest BCUT2D eigenvalue weighted by Crippen LogP contribution is 2.34. The average Bonchev–Trinajstić information content (AvgIpc) is 3.02. The molecule has 1 aliphatic rings. The molecule has 0 unspecified atom stereocenters. The van der Waals surface area contributed by atoms with Crippen molar-refractivity contribution in [3.05, 3.63) is 34.0 Å². The molecule has 2 atom stereocenters. The van der Waals surface area contributed by atoms with Crippen LogP contribution in [-0.2, 0) is 4.79 Å². The number of benzene rings is 1. The summed E-state index contributed by atoms with van der Waals surface area (Å²) in [5.74, 6) is -1.42. The van der Waals surface area contributed by atoms with Gasteiger partial charge in [0, 0.05) is 37.0 Å². The number of nitro groups is 1. The number of rotatable bonds is 3. The Labute approximate surface area is 156 Å². The number of alkyl halides is 3.